The molecule has 1 fully saturated rings. The first-order chi connectivity index (χ1) is 22.9. The maximum atomic E-state index is 13.0. The average Bonchev–Trinajstić information content (AvgIpc) is 3.82. The monoisotopic (exact) mass is 650 g/mol. The minimum Gasteiger partial charge on any atom is -0.493 e. The van der Waals surface area contributed by atoms with Gasteiger partial charge in [0, 0.05) is 31.6 Å². The van der Waals surface area contributed by atoms with Crippen LogP contribution in [-0.4, -0.2) is 49.8 Å². The standard InChI is InChI=1S/C34H34N8O4S/c1-21(2)15-24-17-30(42(40-24)26-8-11-28-23(16-26)12-14-45-28)39-32(44)38-25-18-35-33(36-19-25)46-27-9-6-22(7-10-27)29-20-37-34(47-29)41-13-4-3-5-31(41)43/h6-11,16-21H,3-5,12-15H2,1-2H3,(H2,38,39,44). The van der Waals surface area contributed by atoms with E-state index in [1.807, 2.05) is 48.5 Å². The van der Waals surface area contributed by atoms with Crippen LogP contribution in [0.1, 0.15) is 44.4 Å². The van der Waals surface area contributed by atoms with E-state index in [4.69, 9.17) is 14.6 Å². The zero-order valence-corrected chi connectivity index (χ0v) is 26.9. The first-order valence-electron chi connectivity index (χ1n) is 15.7. The summed E-state index contributed by atoms with van der Waals surface area (Å²) >= 11 is 1.50. The second-order valence-electron chi connectivity index (χ2n) is 11.9. The van der Waals surface area contributed by atoms with Gasteiger partial charge in [0.05, 0.1) is 40.9 Å². The van der Waals surface area contributed by atoms with Crippen molar-refractivity contribution in [3.8, 4) is 33.6 Å². The SMILES string of the molecule is CC(C)Cc1cc(NC(=O)Nc2cnc(Oc3ccc(-c4cnc(N5CCCCC5=O)s4)cc3)nc2)n(-c2ccc3c(c2)CCO3)n1. The number of rotatable bonds is 9. The number of urea groups is 1. The number of carbonyl (C=O) groups is 2. The highest BCUT2D eigenvalue weighted by molar-refractivity contribution is 7.19. The fourth-order valence-electron chi connectivity index (χ4n) is 5.57. The maximum absolute atomic E-state index is 13.0. The highest BCUT2D eigenvalue weighted by Crippen LogP contribution is 2.34. The van der Waals surface area contributed by atoms with Crippen LogP contribution in [0.25, 0.3) is 16.1 Å². The van der Waals surface area contributed by atoms with Crippen molar-refractivity contribution in [3.63, 3.8) is 0 Å². The first kappa shape index (κ1) is 30.4. The van der Waals surface area contributed by atoms with Crippen molar-refractivity contribution in [3.05, 3.63) is 78.4 Å². The third-order valence-corrected chi connectivity index (χ3v) is 8.89. The van der Waals surface area contributed by atoms with Crippen molar-refractivity contribution in [2.75, 3.05) is 28.7 Å². The van der Waals surface area contributed by atoms with Gasteiger partial charge in [-0.2, -0.15) is 5.10 Å². The lowest BCUT2D eigenvalue weighted by atomic mass is 10.1. The molecular formula is C34H34N8O4S. The van der Waals surface area contributed by atoms with Crippen LogP contribution in [0.5, 0.6) is 17.5 Å². The molecular weight excluding hydrogens is 616 g/mol. The zero-order chi connectivity index (χ0) is 32.3. The molecule has 3 aromatic heterocycles. The molecule has 0 unspecified atom stereocenters. The number of hydrogen-bond donors (Lipinski definition) is 2. The van der Waals surface area contributed by atoms with Crippen molar-refractivity contribution in [1.29, 1.82) is 0 Å². The van der Waals surface area contributed by atoms with E-state index in [-0.39, 0.29) is 11.9 Å². The lowest BCUT2D eigenvalue weighted by Crippen LogP contribution is -2.34. The maximum Gasteiger partial charge on any atom is 0.324 e. The molecule has 5 heterocycles. The largest absolute Gasteiger partial charge is 0.493 e. The summed E-state index contributed by atoms with van der Waals surface area (Å²) in [5.74, 6) is 2.54. The third kappa shape index (κ3) is 6.94. The molecule has 12 nitrogen and oxygen atoms in total. The number of nitrogens with one attached hydrogen (secondary N) is 2. The second-order valence-corrected chi connectivity index (χ2v) is 12.9. The molecule has 240 valence electrons. The number of benzene rings is 2. The number of ether oxygens (including phenoxy) is 2. The second kappa shape index (κ2) is 13.2. The number of aromatic nitrogens is 5. The van der Waals surface area contributed by atoms with Gasteiger partial charge in [0.25, 0.3) is 0 Å². The van der Waals surface area contributed by atoms with Crippen LogP contribution in [0.4, 0.5) is 21.4 Å². The highest BCUT2D eigenvalue weighted by Gasteiger charge is 2.23. The molecule has 0 spiro atoms. The molecule has 0 aliphatic carbocycles. The third-order valence-electron chi connectivity index (χ3n) is 7.82. The van der Waals surface area contributed by atoms with Crippen LogP contribution in [0.3, 0.4) is 0 Å². The number of thiazole rings is 1. The Morgan fingerprint density at radius 2 is 1.83 bits per heavy atom. The molecule has 3 amide bonds. The first-order valence-corrected chi connectivity index (χ1v) is 16.5. The summed E-state index contributed by atoms with van der Waals surface area (Å²) in [7, 11) is 0. The van der Waals surface area contributed by atoms with Crippen molar-refractivity contribution < 1.29 is 19.1 Å². The number of amides is 3. The fourth-order valence-corrected chi connectivity index (χ4v) is 6.54. The Labute approximate surface area is 275 Å². The number of hydrogen-bond acceptors (Lipinski definition) is 9. The molecule has 0 radical (unpaired) electrons. The van der Waals surface area contributed by atoms with Gasteiger partial charge < -0.3 is 14.8 Å². The molecule has 0 atom stereocenters. The number of fused-ring (bicyclic) bond motifs is 1. The van der Waals surface area contributed by atoms with Gasteiger partial charge in [0.15, 0.2) is 5.13 Å². The van der Waals surface area contributed by atoms with Gasteiger partial charge >= 0.3 is 12.0 Å². The highest BCUT2D eigenvalue weighted by atomic mass is 32.1. The van der Waals surface area contributed by atoms with Crippen LogP contribution >= 0.6 is 11.3 Å². The van der Waals surface area contributed by atoms with Gasteiger partial charge in [-0.25, -0.2) is 24.4 Å². The van der Waals surface area contributed by atoms with Crippen LogP contribution in [0.15, 0.2) is 67.1 Å². The van der Waals surface area contributed by atoms with Crippen LogP contribution in [0.2, 0.25) is 0 Å². The number of carbonyl (C=O) groups excluding carboxylic acids is 2. The lowest BCUT2D eigenvalue weighted by Gasteiger charge is -2.23. The van der Waals surface area contributed by atoms with Gasteiger partial charge in [-0.1, -0.05) is 25.2 Å². The smallest absolute Gasteiger partial charge is 0.324 e. The quantitative estimate of drug-likeness (QED) is 0.176. The molecule has 0 bridgehead atoms. The van der Waals surface area contributed by atoms with E-state index in [9.17, 15) is 9.59 Å². The van der Waals surface area contributed by atoms with Gasteiger partial charge in [-0.15, -0.1) is 0 Å². The summed E-state index contributed by atoms with van der Waals surface area (Å²) in [4.78, 5) is 41.0. The Balaban J connectivity index is 0.977. The summed E-state index contributed by atoms with van der Waals surface area (Å²) in [5.41, 5.74) is 4.23. The molecule has 13 heteroatoms. The van der Waals surface area contributed by atoms with Crippen LogP contribution in [0, 0.1) is 5.92 Å². The molecule has 2 aromatic carbocycles. The summed E-state index contributed by atoms with van der Waals surface area (Å²) in [6.07, 6.45) is 8.90. The predicted molar refractivity (Wildman–Crippen MR) is 180 cm³/mol. The number of nitrogens with zero attached hydrogens (tertiary/aromatic N) is 6. The van der Waals surface area contributed by atoms with Crippen molar-refractivity contribution >= 4 is 39.9 Å². The summed E-state index contributed by atoms with van der Waals surface area (Å²) in [6.45, 7) is 5.65. The molecule has 2 aliphatic rings. The minimum absolute atomic E-state index is 0.132. The average molecular weight is 651 g/mol. The summed E-state index contributed by atoms with van der Waals surface area (Å²) in [6, 6.07) is 15.0. The minimum atomic E-state index is -0.449. The number of anilines is 3. The molecule has 1 saturated heterocycles. The molecule has 7 rings (SSSR count). The fraction of sp³-hybridized carbons (Fsp3) is 0.294. The normalized spacial score (nSPS) is 14.2. The van der Waals surface area contributed by atoms with E-state index in [0.29, 0.717) is 42.7 Å². The van der Waals surface area contributed by atoms with Gasteiger partial charge in [-0.3, -0.25) is 15.0 Å². The predicted octanol–water partition coefficient (Wildman–Crippen LogP) is 6.87. The van der Waals surface area contributed by atoms with Gasteiger partial charge in [0.2, 0.25) is 5.91 Å². The van der Waals surface area contributed by atoms with E-state index in [0.717, 1.165) is 63.9 Å². The zero-order valence-electron chi connectivity index (χ0n) is 26.1. The molecule has 2 N–H and O–H groups in total. The molecule has 47 heavy (non-hydrogen) atoms. The Morgan fingerprint density at radius 1 is 1.00 bits per heavy atom. The van der Waals surface area contributed by atoms with Gasteiger partial charge in [-0.05, 0) is 78.8 Å². The summed E-state index contributed by atoms with van der Waals surface area (Å²) < 4.78 is 13.2. The van der Waals surface area contributed by atoms with Crippen LogP contribution in [-0.2, 0) is 17.6 Å². The Hall–Kier alpha value is -5.30. The van der Waals surface area contributed by atoms with E-state index >= 15 is 0 Å². The van der Waals surface area contributed by atoms with Crippen molar-refractivity contribution in [1.82, 2.24) is 24.7 Å². The Bertz CT molecular complexity index is 1900. The lowest BCUT2D eigenvalue weighted by molar-refractivity contribution is -0.119. The topological polar surface area (TPSA) is 136 Å². The molecule has 2 aliphatic heterocycles. The van der Waals surface area contributed by atoms with Crippen molar-refractivity contribution in [2.24, 2.45) is 5.92 Å². The van der Waals surface area contributed by atoms with E-state index in [2.05, 4.69) is 39.4 Å². The van der Waals surface area contributed by atoms with E-state index < -0.39 is 6.03 Å². The van der Waals surface area contributed by atoms with Crippen LogP contribution < -0.4 is 25.0 Å². The Kier molecular flexibility index (Phi) is 8.53. The molecule has 0 saturated carbocycles. The Morgan fingerprint density at radius 3 is 2.62 bits per heavy atom. The van der Waals surface area contributed by atoms with Crippen molar-refractivity contribution in [2.45, 2.75) is 46.0 Å². The van der Waals surface area contributed by atoms with E-state index in [1.54, 1.807) is 15.8 Å². The molecule has 5 aromatic rings. The van der Waals surface area contributed by atoms with E-state index in [1.165, 1.54) is 23.7 Å². The summed E-state index contributed by atoms with van der Waals surface area (Å²) in [5, 5.41) is 11.2. The number of piperidine rings is 1. The van der Waals surface area contributed by atoms with Gasteiger partial charge in [0.1, 0.15) is 17.3 Å².